The van der Waals surface area contributed by atoms with E-state index in [9.17, 15) is 0 Å². The Morgan fingerprint density at radius 2 is 0.770 bits per heavy atom. The van der Waals surface area contributed by atoms with Gasteiger partial charge in [0, 0.05) is 85.6 Å². The highest BCUT2D eigenvalue weighted by Crippen LogP contribution is 2.26. The van der Waals surface area contributed by atoms with Gasteiger partial charge in [-0.05, 0) is 137 Å². The lowest BCUT2D eigenvalue weighted by Crippen LogP contribution is -2.37. The molecule has 5 fully saturated rings. The molecule has 3 saturated heterocycles. The van der Waals surface area contributed by atoms with E-state index >= 15 is 0 Å². The van der Waals surface area contributed by atoms with E-state index in [1.54, 1.807) is 0 Å². The van der Waals surface area contributed by atoms with Crippen LogP contribution in [0.15, 0.2) is 91.0 Å². The lowest BCUT2D eigenvalue weighted by Gasteiger charge is -2.25. The Labute approximate surface area is 450 Å². The minimum absolute atomic E-state index is 0.140. The van der Waals surface area contributed by atoms with Crippen molar-refractivity contribution in [2.24, 2.45) is 17.8 Å². The molecule has 5 aliphatic rings. The summed E-state index contributed by atoms with van der Waals surface area (Å²) in [6.07, 6.45) is 27.6. The molecular formula is C62H108N2O10. The van der Waals surface area contributed by atoms with Crippen LogP contribution in [0.2, 0.25) is 0 Å². The molecular weight excluding hydrogens is 933 g/mol. The molecule has 0 atom stereocenters. The molecule has 0 amide bonds. The Morgan fingerprint density at radius 3 is 1.19 bits per heavy atom. The third-order valence-corrected chi connectivity index (χ3v) is 13.9. The van der Waals surface area contributed by atoms with Gasteiger partial charge < -0.3 is 55.2 Å². The average Bonchev–Trinajstić information content (AvgIpc) is 3.48. The maximum absolute atomic E-state index is 8.69. The van der Waals surface area contributed by atoms with Crippen LogP contribution in [-0.4, -0.2) is 163 Å². The first-order valence-corrected chi connectivity index (χ1v) is 29.0. The zero-order valence-corrected chi connectivity index (χ0v) is 46.2. The van der Waals surface area contributed by atoms with Crippen molar-refractivity contribution in [2.45, 2.75) is 154 Å². The molecule has 12 heteroatoms. The first-order chi connectivity index (χ1) is 36.5. The minimum Gasteiger partial charge on any atom is -0.396 e. The molecule has 0 radical (unpaired) electrons. The van der Waals surface area contributed by atoms with Crippen LogP contribution in [-0.2, 0) is 28.9 Å². The molecule has 8 N–H and O–H groups in total. The van der Waals surface area contributed by atoms with Gasteiger partial charge in [0.25, 0.3) is 0 Å². The lowest BCUT2D eigenvalue weighted by atomic mass is 9.87. The molecule has 3 aromatic carbocycles. The summed E-state index contributed by atoms with van der Waals surface area (Å²) in [5.74, 6) is 2.31. The van der Waals surface area contributed by atoms with E-state index in [-0.39, 0.29) is 19.8 Å². The monoisotopic (exact) mass is 1040 g/mol. The number of aryl methyl sites for hydroxylation is 1. The number of aliphatic hydroxyl groups excluding tert-OH is 8. The number of likely N-dealkylation sites (tertiary alicyclic amines) is 1. The summed E-state index contributed by atoms with van der Waals surface area (Å²) in [6, 6.07) is 29.7. The van der Waals surface area contributed by atoms with Crippen molar-refractivity contribution < 1.29 is 50.3 Å². The smallest absolute Gasteiger partial charge is 0.0681 e. The number of aliphatic hydroxyl groups is 8. The van der Waals surface area contributed by atoms with Gasteiger partial charge in [-0.2, -0.15) is 0 Å². The number of ether oxygens (including phenoxy) is 2. The van der Waals surface area contributed by atoms with E-state index in [4.69, 9.17) is 50.3 Å². The third kappa shape index (κ3) is 42.3. The molecule has 8 rings (SSSR count). The number of piperidine rings is 1. The van der Waals surface area contributed by atoms with E-state index in [2.05, 4.69) is 21.9 Å². The standard InChI is InChI=1S/C9H12O.C8H17NO.C8H16O2.C8H16O.C8H10O.C7H15NO2.C7H14O.C7H8O/c2*10-8-4-7-9-5-2-1-3-6-9;9-5-1-2-8-3-6-10-7-4-8;2*9-7-6-8-4-2-1-3-5-8;9-5-1-2-8-3-6-10-7-4-8;2*8-6-7-4-2-1-3-5-7/h1-3,5-6,10H,4,7-8H2;10H,1-8H2;8-9H,1-7H2;8-9H,1-7H2;1-5,9H,6-7H2;9H,1-7H2;7-8H,1-6H2;1-5,8H,6H2. The third-order valence-electron chi connectivity index (χ3n) is 13.9. The molecule has 3 aromatic rings. The maximum Gasteiger partial charge on any atom is 0.0681 e. The molecule has 426 valence electrons. The quantitative estimate of drug-likeness (QED) is 0.0605. The van der Waals surface area contributed by atoms with Gasteiger partial charge in [0.05, 0.1) is 19.8 Å². The summed E-state index contributed by atoms with van der Waals surface area (Å²) in [6.45, 7) is 12.7. The predicted octanol–water partition coefficient (Wildman–Crippen LogP) is 9.26. The largest absolute Gasteiger partial charge is 0.396 e. The Bertz CT molecular complexity index is 1450. The van der Waals surface area contributed by atoms with E-state index in [1.807, 2.05) is 78.9 Å². The van der Waals surface area contributed by atoms with Gasteiger partial charge in [-0.25, -0.2) is 0 Å². The summed E-state index contributed by atoms with van der Waals surface area (Å²) in [5, 5.41) is 68.6. The molecule has 0 unspecified atom stereocenters. The van der Waals surface area contributed by atoms with Gasteiger partial charge in [0.1, 0.15) is 0 Å². The second-order valence-corrected chi connectivity index (χ2v) is 20.1. The van der Waals surface area contributed by atoms with Crippen LogP contribution in [0.25, 0.3) is 0 Å². The van der Waals surface area contributed by atoms with Crippen LogP contribution in [0.5, 0.6) is 0 Å². The molecule has 0 bridgehead atoms. The van der Waals surface area contributed by atoms with Gasteiger partial charge in [-0.15, -0.1) is 0 Å². The molecule has 0 spiro atoms. The van der Waals surface area contributed by atoms with Crippen LogP contribution in [0, 0.1) is 17.8 Å². The highest BCUT2D eigenvalue weighted by molar-refractivity contribution is 5.15. The highest BCUT2D eigenvalue weighted by atomic mass is 16.5. The fourth-order valence-electron chi connectivity index (χ4n) is 9.32. The number of nitrogens with zero attached hydrogens (tertiary/aromatic N) is 2. The zero-order valence-electron chi connectivity index (χ0n) is 46.2. The van der Waals surface area contributed by atoms with E-state index in [1.165, 1.54) is 127 Å². The van der Waals surface area contributed by atoms with Crippen LogP contribution >= 0.6 is 0 Å². The SMILES string of the molecule is OCC1CCCCC1.OCCC1CCCCC1.OCCCC1CCOCC1.OCCCN1CCCCC1.OCCCN1CCOCC1.OCCCc1ccccc1.OCCc1ccccc1.OCc1ccccc1. The lowest BCUT2D eigenvalue weighted by molar-refractivity contribution is 0.0353. The first kappa shape index (κ1) is 69.2. The first-order valence-electron chi connectivity index (χ1n) is 29.0. The van der Waals surface area contributed by atoms with Crippen LogP contribution in [0.3, 0.4) is 0 Å². The molecule has 2 saturated carbocycles. The van der Waals surface area contributed by atoms with Gasteiger partial charge in [0.15, 0.2) is 0 Å². The summed E-state index contributed by atoms with van der Waals surface area (Å²) >= 11 is 0. The fraction of sp³-hybridized carbons (Fsp3) is 0.710. The molecule has 3 aliphatic heterocycles. The number of hydrogen-bond acceptors (Lipinski definition) is 12. The highest BCUT2D eigenvalue weighted by Gasteiger charge is 2.14. The number of morpholine rings is 1. The van der Waals surface area contributed by atoms with Crippen molar-refractivity contribution in [2.75, 3.05) is 112 Å². The van der Waals surface area contributed by atoms with Gasteiger partial charge >= 0.3 is 0 Å². The van der Waals surface area contributed by atoms with Crippen molar-refractivity contribution in [3.8, 4) is 0 Å². The summed E-state index contributed by atoms with van der Waals surface area (Å²) in [4.78, 5) is 4.76. The number of rotatable bonds is 18. The van der Waals surface area contributed by atoms with E-state index in [0.29, 0.717) is 39.0 Å². The van der Waals surface area contributed by atoms with Crippen molar-refractivity contribution in [3.05, 3.63) is 108 Å². The Hall–Kier alpha value is -2.82. The average molecular weight is 1040 g/mol. The molecule has 0 aromatic heterocycles. The summed E-state index contributed by atoms with van der Waals surface area (Å²) in [5.41, 5.74) is 3.46. The van der Waals surface area contributed by atoms with Crippen molar-refractivity contribution >= 4 is 0 Å². The summed E-state index contributed by atoms with van der Waals surface area (Å²) in [7, 11) is 0. The summed E-state index contributed by atoms with van der Waals surface area (Å²) < 4.78 is 10.4. The van der Waals surface area contributed by atoms with Crippen LogP contribution in [0.1, 0.15) is 152 Å². The van der Waals surface area contributed by atoms with Crippen molar-refractivity contribution in [1.29, 1.82) is 0 Å². The second kappa shape index (κ2) is 53.6. The zero-order chi connectivity index (χ0) is 53.6. The molecule has 74 heavy (non-hydrogen) atoms. The maximum atomic E-state index is 8.69. The van der Waals surface area contributed by atoms with Crippen molar-refractivity contribution in [1.82, 2.24) is 9.80 Å². The fourth-order valence-corrected chi connectivity index (χ4v) is 9.32. The Balaban J connectivity index is 0.000000423. The van der Waals surface area contributed by atoms with Gasteiger partial charge in [-0.3, -0.25) is 4.90 Å². The van der Waals surface area contributed by atoms with E-state index < -0.39 is 0 Å². The van der Waals surface area contributed by atoms with Crippen LogP contribution < -0.4 is 0 Å². The topological polar surface area (TPSA) is 187 Å². The van der Waals surface area contributed by atoms with E-state index in [0.717, 1.165) is 115 Å². The minimum atomic E-state index is 0.140. The van der Waals surface area contributed by atoms with Crippen LogP contribution in [0.4, 0.5) is 0 Å². The number of benzene rings is 3. The second-order valence-electron chi connectivity index (χ2n) is 20.1. The molecule has 2 aliphatic carbocycles. The van der Waals surface area contributed by atoms with Crippen molar-refractivity contribution in [3.63, 3.8) is 0 Å². The van der Waals surface area contributed by atoms with Gasteiger partial charge in [-0.1, -0.05) is 149 Å². The predicted molar refractivity (Wildman–Crippen MR) is 304 cm³/mol. The molecule has 12 nitrogen and oxygen atoms in total. The normalized spacial score (nSPS) is 17.4. The Morgan fingerprint density at radius 1 is 0.351 bits per heavy atom. The Kier molecular flexibility index (Phi) is 50.1. The molecule has 3 heterocycles. The number of hydrogen-bond donors (Lipinski definition) is 8. The van der Waals surface area contributed by atoms with Gasteiger partial charge in [0.2, 0.25) is 0 Å².